The second-order valence-corrected chi connectivity index (χ2v) is 7.94. The van der Waals surface area contributed by atoms with Crippen LogP contribution in [0.25, 0.3) is 11.1 Å². The molecule has 0 fully saturated rings. The normalized spacial score (nSPS) is 12.6. The molecular weight excluding hydrogens is 324 g/mol. The van der Waals surface area contributed by atoms with E-state index in [4.69, 9.17) is 9.47 Å². The largest absolute Gasteiger partial charge is 0.490 e. The average molecular weight is 354 g/mol. The van der Waals surface area contributed by atoms with E-state index in [0.29, 0.717) is 5.75 Å². The van der Waals surface area contributed by atoms with E-state index in [1.54, 1.807) is 0 Å². The van der Waals surface area contributed by atoms with E-state index >= 15 is 0 Å². The van der Waals surface area contributed by atoms with Crippen LogP contribution in [0.4, 0.5) is 0 Å². The van der Waals surface area contributed by atoms with Gasteiger partial charge < -0.3 is 9.47 Å². The molecule has 0 radical (unpaired) electrons. The predicted molar refractivity (Wildman–Crippen MR) is 107 cm³/mol. The van der Waals surface area contributed by atoms with E-state index in [0.717, 1.165) is 34.4 Å². The smallest absolute Gasteiger partial charge is 0.316 e. The zero-order chi connectivity index (χ0) is 19.5. The van der Waals surface area contributed by atoms with Gasteiger partial charge in [0.2, 0.25) is 0 Å². The van der Waals surface area contributed by atoms with Crippen LogP contribution < -0.4 is 9.47 Å². The van der Waals surface area contributed by atoms with Gasteiger partial charge in [-0.25, -0.2) is 0 Å². The van der Waals surface area contributed by atoms with E-state index in [-0.39, 0.29) is 12.1 Å². The Hall–Kier alpha value is -2.29. The van der Waals surface area contributed by atoms with Crippen molar-refractivity contribution in [3.8, 4) is 22.6 Å². The second-order valence-electron chi connectivity index (χ2n) is 7.94. The van der Waals surface area contributed by atoms with E-state index in [2.05, 4.69) is 39.0 Å². The molecule has 0 aliphatic heterocycles. The van der Waals surface area contributed by atoms with Crippen molar-refractivity contribution in [2.45, 2.75) is 61.0 Å². The third-order valence-electron chi connectivity index (χ3n) is 4.40. The maximum absolute atomic E-state index is 12.1. The van der Waals surface area contributed by atoms with E-state index < -0.39 is 5.41 Å². The second kappa shape index (κ2) is 7.94. The quantitative estimate of drug-likeness (QED) is 0.481. The Labute approximate surface area is 157 Å². The molecule has 0 aromatic heterocycles. The fraction of sp³-hybridized carbons (Fsp3) is 0.435. The van der Waals surface area contributed by atoms with Crippen molar-refractivity contribution >= 4 is 5.97 Å². The topological polar surface area (TPSA) is 35.5 Å². The van der Waals surface area contributed by atoms with Gasteiger partial charge >= 0.3 is 5.97 Å². The lowest BCUT2D eigenvalue weighted by molar-refractivity contribution is -0.143. The summed E-state index contributed by atoms with van der Waals surface area (Å²) in [5.41, 5.74) is 3.75. The molecule has 0 N–H and O–H groups in total. The summed E-state index contributed by atoms with van der Waals surface area (Å²) in [5, 5.41) is 0. The molecular formula is C23H30O3. The fourth-order valence-corrected chi connectivity index (χ4v) is 2.46. The van der Waals surface area contributed by atoms with Gasteiger partial charge in [0.1, 0.15) is 11.5 Å². The first-order valence-corrected chi connectivity index (χ1v) is 9.22. The number of rotatable bonds is 5. The maximum Gasteiger partial charge on any atom is 0.316 e. The number of aryl methyl sites for hydroxylation is 2. The van der Waals surface area contributed by atoms with Crippen LogP contribution in [0.15, 0.2) is 36.4 Å². The summed E-state index contributed by atoms with van der Waals surface area (Å²) < 4.78 is 11.5. The number of esters is 1. The van der Waals surface area contributed by atoms with Gasteiger partial charge in [-0.2, -0.15) is 0 Å². The van der Waals surface area contributed by atoms with Crippen molar-refractivity contribution in [2.75, 3.05) is 0 Å². The SMILES string of the molecule is CCC(C)Oc1ccc(-c2ccc(OC(=O)C(C)(C)C)c(C)c2)cc1C. The first-order valence-electron chi connectivity index (χ1n) is 9.22. The van der Waals surface area contributed by atoms with Crippen molar-refractivity contribution in [1.29, 1.82) is 0 Å². The van der Waals surface area contributed by atoms with Gasteiger partial charge in [0.25, 0.3) is 0 Å². The number of benzene rings is 2. The molecule has 0 aliphatic carbocycles. The lowest BCUT2D eigenvalue weighted by Crippen LogP contribution is -2.25. The monoisotopic (exact) mass is 354 g/mol. The summed E-state index contributed by atoms with van der Waals surface area (Å²) in [6.45, 7) is 13.8. The van der Waals surface area contributed by atoms with Crippen molar-refractivity contribution in [3.05, 3.63) is 47.5 Å². The summed E-state index contributed by atoms with van der Waals surface area (Å²) in [4.78, 5) is 12.1. The van der Waals surface area contributed by atoms with Gasteiger partial charge in [-0.05, 0) is 94.5 Å². The van der Waals surface area contributed by atoms with Crippen molar-refractivity contribution < 1.29 is 14.3 Å². The third-order valence-corrected chi connectivity index (χ3v) is 4.40. The summed E-state index contributed by atoms with van der Waals surface area (Å²) in [6, 6.07) is 12.1. The molecule has 0 saturated carbocycles. The van der Waals surface area contributed by atoms with Gasteiger partial charge in [-0.3, -0.25) is 4.79 Å². The minimum absolute atomic E-state index is 0.207. The van der Waals surface area contributed by atoms with Crippen molar-refractivity contribution in [2.24, 2.45) is 5.41 Å². The number of hydrogen-bond acceptors (Lipinski definition) is 3. The molecule has 26 heavy (non-hydrogen) atoms. The van der Waals surface area contributed by atoms with Gasteiger partial charge in [0.05, 0.1) is 11.5 Å². The lowest BCUT2D eigenvalue weighted by atomic mass is 9.97. The highest BCUT2D eigenvalue weighted by Gasteiger charge is 2.24. The molecule has 3 nitrogen and oxygen atoms in total. The molecule has 0 bridgehead atoms. The molecule has 3 heteroatoms. The minimum atomic E-state index is -0.520. The first kappa shape index (κ1) is 20.0. The average Bonchev–Trinajstić information content (AvgIpc) is 2.57. The number of carbonyl (C=O) groups is 1. The molecule has 1 atom stereocenters. The van der Waals surface area contributed by atoms with Crippen LogP contribution >= 0.6 is 0 Å². The molecule has 0 saturated heterocycles. The number of ether oxygens (including phenoxy) is 2. The molecule has 2 aromatic rings. The van der Waals surface area contributed by atoms with Gasteiger partial charge in [-0.15, -0.1) is 0 Å². The molecule has 0 aliphatic rings. The minimum Gasteiger partial charge on any atom is -0.490 e. The molecule has 2 aromatic carbocycles. The number of hydrogen-bond donors (Lipinski definition) is 0. The van der Waals surface area contributed by atoms with Crippen LogP contribution in [0.5, 0.6) is 11.5 Å². The van der Waals surface area contributed by atoms with Gasteiger partial charge in [-0.1, -0.05) is 19.1 Å². The lowest BCUT2D eigenvalue weighted by Gasteiger charge is -2.18. The highest BCUT2D eigenvalue weighted by molar-refractivity contribution is 5.78. The van der Waals surface area contributed by atoms with Crippen molar-refractivity contribution in [3.63, 3.8) is 0 Å². The molecule has 0 spiro atoms. The summed E-state index contributed by atoms with van der Waals surface area (Å²) >= 11 is 0. The number of carbonyl (C=O) groups excluding carboxylic acids is 1. The molecule has 140 valence electrons. The van der Waals surface area contributed by atoms with Crippen LogP contribution in [0.3, 0.4) is 0 Å². The Morgan fingerprint density at radius 1 is 0.962 bits per heavy atom. The highest BCUT2D eigenvalue weighted by atomic mass is 16.5. The maximum atomic E-state index is 12.1. The van der Waals surface area contributed by atoms with E-state index in [1.807, 2.05) is 45.9 Å². The molecule has 1 unspecified atom stereocenters. The van der Waals surface area contributed by atoms with Crippen LogP contribution in [0.2, 0.25) is 0 Å². The zero-order valence-corrected chi connectivity index (χ0v) is 17.0. The van der Waals surface area contributed by atoms with Gasteiger partial charge in [0.15, 0.2) is 0 Å². The van der Waals surface area contributed by atoms with Crippen LogP contribution in [0, 0.1) is 19.3 Å². The Morgan fingerprint density at radius 2 is 1.46 bits per heavy atom. The Bertz CT molecular complexity index is 785. The third kappa shape index (κ3) is 4.87. The Balaban J connectivity index is 2.23. The van der Waals surface area contributed by atoms with Crippen LogP contribution in [-0.4, -0.2) is 12.1 Å². The summed E-state index contributed by atoms with van der Waals surface area (Å²) in [5.74, 6) is 1.31. The van der Waals surface area contributed by atoms with E-state index in [1.165, 1.54) is 0 Å². The van der Waals surface area contributed by atoms with Crippen LogP contribution in [-0.2, 0) is 4.79 Å². The zero-order valence-electron chi connectivity index (χ0n) is 17.0. The van der Waals surface area contributed by atoms with Gasteiger partial charge in [0, 0.05) is 0 Å². The van der Waals surface area contributed by atoms with E-state index in [9.17, 15) is 4.79 Å². The Morgan fingerprint density at radius 3 is 1.88 bits per heavy atom. The highest BCUT2D eigenvalue weighted by Crippen LogP contribution is 2.31. The van der Waals surface area contributed by atoms with Crippen LogP contribution in [0.1, 0.15) is 52.2 Å². The summed E-state index contributed by atoms with van der Waals surface area (Å²) in [6.07, 6.45) is 1.19. The Kier molecular flexibility index (Phi) is 6.12. The molecule has 0 heterocycles. The summed E-state index contributed by atoms with van der Waals surface area (Å²) in [7, 11) is 0. The molecule has 0 amide bonds. The van der Waals surface area contributed by atoms with Crippen molar-refractivity contribution in [1.82, 2.24) is 0 Å². The molecule has 2 rings (SSSR count). The standard InChI is InChI=1S/C23H30O3/c1-8-17(4)25-20-11-9-18(13-15(20)2)19-10-12-21(16(3)14-19)26-22(24)23(5,6)7/h9-14,17H,8H2,1-7H3. The predicted octanol–water partition coefficient (Wildman–Crippen LogP) is 6.10. The first-order chi connectivity index (χ1) is 12.1. The fourth-order valence-electron chi connectivity index (χ4n) is 2.46.